The minimum Gasteiger partial charge on any atom is -0.481 e. The normalized spacial score (nSPS) is 10.1. The van der Waals surface area contributed by atoms with E-state index in [9.17, 15) is 4.79 Å². The summed E-state index contributed by atoms with van der Waals surface area (Å²) in [7, 11) is 1.52. The summed E-state index contributed by atoms with van der Waals surface area (Å²) in [5.74, 6) is -0.0518. The van der Waals surface area contributed by atoms with Gasteiger partial charge in [0.2, 0.25) is 5.88 Å². The van der Waals surface area contributed by atoms with Crippen LogP contribution in [0.1, 0.15) is 10.5 Å². The van der Waals surface area contributed by atoms with Crippen molar-refractivity contribution >= 4 is 5.97 Å². The van der Waals surface area contributed by atoms with Gasteiger partial charge in [-0.15, -0.1) is 0 Å². The van der Waals surface area contributed by atoms with Crippen LogP contribution in [0, 0.1) is 0 Å². The smallest absolute Gasteiger partial charge is 0.356 e. The highest BCUT2D eigenvalue weighted by Crippen LogP contribution is 2.11. The van der Waals surface area contributed by atoms with E-state index in [-0.39, 0.29) is 5.69 Å². The average molecular weight is 219 g/mol. The SMILES string of the molecule is COc1cccc(-n2cnc(C(=O)O)c2)n1. The maximum atomic E-state index is 10.6. The number of carbonyl (C=O) groups is 1. The van der Waals surface area contributed by atoms with E-state index in [0.717, 1.165) is 0 Å². The molecule has 2 aromatic rings. The number of pyridine rings is 1. The number of ether oxygens (including phenoxy) is 1. The van der Waals surface area contributed by atoms with Gasteiger partial charge in [-0.05, 0) is 6.07 Å². The molecule has 0 fully saturated rings. The first-order valence-corrected chi connectivity index (χ1v) is 4.49. The van der Waals surface area contributed by atoms with Crippen LogP contribution in [0.15, 0.2) is 30.7 Å². The average Bonchev–Trinajstić information content (AvgIpc) is 2.78. The molecule has 0 spiro atoms. The Kier molecular flexibility index (Phi) is 2.55. The number of aromatic nitrogens is 3. The van der Waals surface area contributed by atoms with Crippen molar-refractivity contribution in [2.45, 2.75) is 0 Å². The fourth-order valence-electron chi connectivity index (χ4n) is 1.22. The molecular formula is C10H9N3O3. The molecule has 0 aliphatic rings. The first-order valence-electron chi connectivity index (χ1n) is 4.49. The molecule has 82 valence electrons. The van der Waals surface area contributed by atoms with Crippen molar-refractivity contribution in [1.82, 2.24) is 14.5 Å². The number of hydrogen-bond acceptors (Lipinski definition) is 4. The van der Waals surface area contributed by atoms with Crippen molar-refractivity contribution in [1.29, 1.82) is 0 Å². The summed E-state index contributed by atoms with van der Waals surface area (Å²) in [4.78, 5) is 18.5. The van der Waals surface area contributed by atoms with Crippen LogP contribution in [0.4, 0.5) is 0 Å². The highest BCUT2D eigenvalue weighted by atomic mass is 16.5. The number of nitrogens with zero attached hydrogens (tertiary/aromatic N) is 3. The van der Waals surface area contributed by atoms with Crippen molar-refractivity contribution in [3.05, 3.63) is 36.4 Å². The molecule has 2 rings (SSSR count). The van der Waals surface area contributed by atoms with Crippen LogP contribution in [-0.2, 0) is 0 Å². The van der Waals surface area contributed by atoms with E-state index in [2.05, 4.69) is 9.97 Å². The van der Waals surface area contributed by atoms with E-state index in [1.54, 1.807) is 18.2 Å². The molecule has 0 aromatic carbocycles. The molecule has 0 saturated heterocycles. The lowest BCUT2D eigenvalue weighted by Gasteiger charge is -2.02. The van der Waals surface area contributed by atoms with Crippen LogP contribution < -0.4 is 4.74 Å². The van der Waals surface area contributed by atoms with E-state index >= 15 is 0 Å². The van der Waals surface area contributed by atoms with Crippen LogP contribution in [0.5, 0.6) is 5.88 Å². The Morgan fingerprint density at radius 3 is 2.94 bits per heavy atom. The van der Waals surface area contributed by atoms with E-state index in [1.807, 2.05) is 0 Å². The zero-order chi connectivity index (χ0) is 11.5. The van der Waals surface area contributed by atoms with Gasteiger partial charge in [0.25, 0.3) is 0 Å². The van der Waals surface area contributed by atoms with Crippen molar-refractivity contribution in [3.63, 3.8) is 0 Å². The van der Waals surface area contributed by atoms with Gasteiger partial charge in [0.1, 0.15) is 12.1 Å². The number of methoxy groups -OCH3 is 1. The largest absolute Gasteiger partial charge is 0.481 e. The van der Waals surface area contributed by atoms with Gasteiger partial charge >= 0.3 is 5.97 Å². The second kappa shape index (κ2) is 4.01. The highest BCUT2D eigenvalue weighted by Gasteiger charge is 2.08. The van der Waals surface area contributed by atoms with Crippen molar-refractivity contribution in [3.8, 4) is 11.7 Å². The Morgan fingerprint density at radius 1 is 1.50 bits per heavy atom. The van der Waals surface area contributed by atoms with Gasteiger partial charge in [-0.25, -0.2) is 9.78 Å². The minimum atomic E-state index is -1.07. The second-order valence-electron chi connectivity index (χ2n) is 3.01. The lowest BCUT2D eigenvalue weighted by Crippen LogP contribution is -1.98. The zero-order valence-corrected chi connectivity index (χ0v) is 8.49. The summed E-state index contributed by atoms with van der Waals surface area (Å²) in [6.07, 6.45) is 2.79. The van der Waals surface area contributed by atoms with Crippen LogP contribution >= 0.6 is 0 Å². The van der Waals surface area contributed by atoms with Gasteiger partial charge in [0.15, 0.2) is 5.69 Å². The number of rotatable bonds is 3. The van der Waals surface area contributed by atoms with Gasteiger partial charge in [-0.1, -0.05) is 6.07 Å². The molecule has 2 heterocycles. The molecule has 6 nitrogen and oxygen atoms in total. The van der Waals surface area contributed by atoms with Gasteiger partial charge in [0.05, 0.1) is 7.11 Å². The highest BCUT2D eigenvalue weighted by molar-refractivity contribution is 5.85. The summed E-state index contributed by atoms with van der Waals surface area (Å²) < 4.78 is 6.49. The fourth-order valence-corrected chi connectivity index (χ4v) is 1.22. The van der Waals surface area contributed by atoms with Crippen molar-refractivity contribution in [2.24, 2.45) is 0 Å². The maximum absolute atomic E-state index is 10.6. The topological polar surface area (TPSA) is 77.2 Å². The summed E-state index contributed by atoms with van der Waals surface area (Å²) in [5, 5.41) is 8.72. The van der Waals surface area contributed by atoms with Gasteiger partial charge in [-0.3, -0.25) is 4.57 Å². The predicted molar refractivity (Wildman–Crippen MR) is 54.9 cm³/mol. The quantitative estimate of drug-likeness (QED) is 0.832. The molecule has 1 N–H and O–H groups in total. The van der Waals surface area contributed by atoms with Crippen LogP contribution in [0.25, 0.3) is 5.82 Å². The first kappa shape index (κ1) is 10.2. The molecule has 0 aliphatic carbocycles. The molecule has 6 heteroatoms. The Bertz CT molecular complexity index is 522. The Balaban J connectivity index is 2.38. The molecule has 0 amide bonds. The van der Waals surface area contributed by atoms with Gasteiger partial charge in [0, 0.05) is 12.3 Å². The van der Waals surface area contributed by atoms with E-state index < -0.39 is 5.97 Å². The summed E-state index contributed by atoms with van der Waals surface area (Å²) in [6, 6.07) is 5.20. The van der Waals surface area contributed by atoms with Crippen LogP contribution in [-0.4, -0.2) is 32.7 Å². The molecular weight excluding hydrogens is 210 g/mol. The third kappa shape index (κ3) is 1.85. The molecule has 0 unspecified atom stereocenters. The number of carboxylic acids is 1. The van der Waals surface area contributed by atoms with Gasteiger partial charge < -0.3 is 9.84 Å². The molecule has 0 atom stereocenters. The molecule has 0 radical (unpaired) electrons. The first-order chi connectivity index (χ1) is 7.70. The monoisotopic (exact) mass is 219 g/mol. The van der Waals surface area contributed by atoms with E-state index in [1.165, 1.54) is 24.2 Å². The Morgan fingerprint density at radius 2 is 2.31 bits per heavy atom. The fraction of sp³-hybridized carbons (Fsp3) is 0.100. The van der Waals surface area contributed by atoms with Crippen LogP contribution in [0.3, 0.4) is 0 Å². The van der Waals surface area contributed by atoms with E-state index in [4.69, 9.17) is 9.84 Å². The molecule has 0 saturated carbocycles. The Hall–Kier alpha value is -2.37. The third-order valence-electron chi connectivity index (χ3n) is 1.98. The lowest BCUT2D eigenvalue weighted by molar-refractivity contribution is 0.0691. The van der Waals surface area contributed by atoms with Gasteiger partial charge in [-0.2, -0.15) is 4.98 Å². The summed E-state index contributed by atoms with van der Waals surface area (Å²) in [5.41, 5.74) is -0.0235. The Labute approximate surface area is 91.1 Å². The standard InChI is InChI=1S/C10H9N3O3/c1-16-9-4-2-3-8(12-9)13-5-7(10(14)15)11-6-13/h2-6H,1H3,(H,14,15). The van der Waals surface area contributed by atoms with Crippen molar-refractivity contribution in [2.75, 3.05) is 7.11 Å². The van der Waals surface area contributed by atoms with E-state index in [0.29, 0.717) is 11.7 Å². The minimum absolute atomic E-state index is 0.0235. The molecule has 0 aliphatic heterocycles. The summed E-state index contributed by atoms with van der Waals surface area (Å²) >= 11 is 0. The maximum Gasteiger partial charge on any atom is 0.356 e. The molecule has 16 heavy (non-hydrogen) atoms. The molecule has 2 aromatic heterocycles. The van der Waals surface area contributed by atoms with Crippen molar-refractivity contribution < 1.29 is 14.6 Å². The second-order valence-corrected chi connectivity index (χ2v) is 3.01. The summed E-state index contributed by atoms with van der Waals surface area (Å²) in [6.45, 7) is 0. The third-order valence-corrected chi connectivity index (χ3v) is 1.98. The number of imidazole rings is 1. The number of carboxylic acid groups (broad SMARTS) is 1. The number of hydrogen-bond donors (Lipinski definition) is 1. The number of aromatic carboxylic acids is 1. The lowest BCUT2D eigenvalue weighted by atomic mass is 10.4. The van der Waals surface area contributed by atoms with Crippen LogP contribution in [0.2, 0.25) is 0 Å². The predicted octanol–water partition coefficient (Wildman–Crippen LogP) is 0.974. The molecule has 0 bridgehead atoms. The zero-order valence-electron chi connectivity index (χ0n) is 8.49.